The Morgan fingerprint density at radius 2 is 1.16 bits per heavy atom. The summed E-state index contributed by atoms with van der Waals surface area (Å²) in [5.41, 5.74) is 0. The maximum atomic E-state index is 12.2. The largest absolute Gasteiger partial charge is 0.481 e. The van der Waals surface area contributed by atoms with Crippen LogP contribution in [-0.4, -0.2) is 23.1 Å². The van der Waals surface area contributed by atoms with Crippen molar-refractivity contribution in [2.24, 2.45) is 0 Å². The fraction of sp³-hybridized carbons (Fsp3) is 0.697. The minimum Gasteiger partial charge on any atom is -0.481 e. The highest BCUT2D eigenvalue weighted by atomic mass is 16.5. The van der Waals surface area contributed by atoms with Crippen molar-refractivity contribution in [2.45, 2.75) is 148 Å². The molecule has 0 radical (unpaired) electrons. The van der Waals surface area contributed by atoms with Crippen LogP contribution in [0.5, 0.6) is 0 Å². The number of carboxylic acid groups (broad SMARTS) is 1. The standard InChI is InChI=1S/C33H56O4/c1-3-5-7-9-11-13-15-16-17-18-19-21-23-25-27-29-33(36)37-31(30-32(34)35)28-26-24-22-20-14-12-10-8-6-4-2/h5,7,11,13,16-17,19,21,31H,3-4,6,8-10,12,14-15,18,20,22-30H2,1-2H3,(H,34,35)/b7-5-,13-11-,17-16-,21-19-. The number of carboxylic acids is 1. The lowest BCUT2D eigenvalue weighted by Crippen LogP contribution is -2.21. The molecule has 0 saturated heterocycles. The van der Waals surface area contributed by atoms with Crippen LogP contribution in [-0.2, 0) is 14.3 Å². The molecular weight excluding hydrogens is 460 g/mol. The van der Waals surface area contributed by atoms with E-state index in [0.717, 1.165) is 57.8 Å². The number of carbonyl (C=O) groups is 2. The molecule has 1 atom stereocenters. The number of unbranched alkanes of at least 4 members (excludes halogenated alkanes) is 11. The number of ether oxygens (including phenoxy) is 1. The molecule has 0 bridgehead atoms. The smallest absolute Gasteiger partial charge is 0.307 e. The van der Waals surface area contributed by atoms with Crippen LogP contribution in [0.25, 0.3) is 0 Å². The molecule has 0 fully saturated rings. The van der Waals surface area contributed by atoms with Gasteiger partial charge in [-0.2, -0.15) is 0 Å². The highest BCUT2D eigenvalue weighted by molar-refractivity contribution is 5.71. The SMILES string of the molecule is CC/C=C\C/C=C\C/C=C\C/C=C\CCCCC(=O)OC(CCCCCCCCCCCC)CC(=O)O. The van der Waals surface area contributed by atoms with Gasteiger partial charge in [0.05, 0.1) is 6.42 Å². The van der Waals surface area contributed by atoms with Crippen LogP contribution < -0.4 is 0 Å². The minimum absolute atomic E-state index is 0.0921. The van der Waals surface area contributed by atoms with Crippen molar-refractivity contribution in [2.75, 3.05) is 0 Å². The first-order valence-corrected chi connectivity index (χ1v) is 15.1. The molecule has 0 heterocycles. The summed E-state index contributed by atoms with van der Waals surface area (Å²) in [5.74, 6) is -1.16. The summed E-state index contributed by atoms with van der Waals surface area (Å²) >= 11 is 0. The normalized spacial score (nSPS) is 12.9. The van der Waals surface area contributed by atoms with Crippen LogP contribution in [0.3, 0.4) is 0 Å². The predicted molar refractivity (Wildman–Crippen MR) is 158 cm³/mol. The highest BCUT2D eigenvalue weighted by Gasteiger charge is 2.17. The second-order valence-corrected chi connectivity index (χ2v) is 9.93. The molecule has 212 valence electrons. The average molecular weight is 517 g/mol. The average Bonchev–Trinajstić information content (AvgIpc) is 2.87. The molecule has 0 amide bonds. The van der Waals surface area contributed by atoms with Crippen molar-refractivity contribution in [3.8, 4) is 0 Å². The van der Waals surface area contributed by atoms with Crippen LogP contribution >= 0.6 is 0 Å². The molecule has 0 spiro atoms. The van der Waals surface area contributed by atoms with E-state index in [2.05, 4.69) is 62.5 Å². The zero-order valence-corrected chi connectivity index (χ0v) is 24.0. The number of hydrogen-bond donors (Lipinski definition) is 1. The number of esters is 1. The zero-order valence-electron chi connectivity index (χ0n) is 24.0. The lowest BCUT2D eigenvalue weighted by Gasteiger charge is -2.16. The minimum atomic E-state index is -0.899. The lowest BCUT2D eigenvalue weighted by atomic mass is 10.0. The van der Waals surface area contributed by atoms with Crippen molar-refractivity contribution in [1.82, 2.24) is 0 Å². The molecule has 4 heteroatoms. The van der Waals surface area contributed by atoms with Crippen molar-refractivity contribution < 1.29 is 19.4 Å². The van der Waals surface area contributed by atoms with Gasteiger partial charge in [0.1, 0.15) is 6.10 Å². The van der Waals surface area contributed by atoms with Crippen molar-refractivity contribution in [3.63, 3.8) is 0 Å². The summed E-state index contributed by atoms with van der Waals surface area (Å²) < 4.78 is 5.51. The van der Waals surface area contributed by atoms with Crippen LogP contribution in [0.15, 0.2) is 48.6 Å². The first-order chi connectivity index (χ1) is 18.1. The maximum absolute atomic E-state index is 12.2. The molecule has 0 aromatic rings. The Bertz CT molecular complexity index is 645. The Hall–Kier alpha value is -2.10. The molecule has 1 unspecified atom stereocenters. The first kappa shape index (κ1) is 34.9. The molecule has 37 heavy (non-hydrogen) atoms. The Morgan fingerprint density at radius 3 is 1.70 bits per heavy atom. The number of carbonyl (C=O) groups excluding carboxylic acids is 1. The van der Waals surface area contributed by atoms with Crippen LogP contribution in [0, 0.1) is 0 Å². The van der Waals surface area contributed by atoms with Crippen molar-refractivity contribution >= 4 is 11.9 Å². The molecule has 0 aromatic heterocycles. The van der Waals surface area contributed by atoms with Crippen LogP contribution in [0.1, 0.15) is 142 Å². The van der Waals surface area contributed by atoms with E-state index in [-0.39, 0.29) is 12.4 Å². The van der Waals surface area contributed by atoms with E-state index in [0.29, 0.717) is 12.8 Å². The topological polar surface area (TPSA) is 63.6 Å². The van der Waals surface area contributed by atoms with E-state index in [1.165, 1.54) is 51.4 Å². The summed E-state index contributed by atoms with van der Waals surface area (Å²) in [4.78, 5) is 23.4. The quantitative estimate of drug-likeness (QED) is 0.0705. The van der Waals surface area contributed by atoms with E-state index < -0.39 is 12.1 Å². The summed E-state index contributed by atoms with van der Waals surface area (Å²) in [6.07, 6.45) is 36.9. The van der Waals surface area contributed by atoms with Gasteiger partial charge in [0.15, 0.2) is 0 Å². The van der Waals surface area contributed by atoms with Gasteiger partial charge in [-0.15, -0.1) is 0 Å². The van der Waals surface area contributed by atoms with Crippen LogP contribution in [0.4, 0.5) is 0 Å². The van der Waals surface area contributed by atoms with Gasteiger partial charge in [-0.3, -0.25) is 9.59 Å². The number of aliphatic carboxylic acids is 1. The van der Waals surface area contributed by atoms with E-state index in [9.17, 15) is 9.59 Å². The second kappa shape index (κ2) is 28.5. The predicted octanol–water partition coefficient (Wildman–Crippen LogP) is 10.0. The number of rotatable bonds is 26. The molecule has 0 aromatic carbocycles. The molecular formula is C33H56O4. The fourth-order valence-electron chi connectivity index (χ4n) is 4.13. The van der Waals surface area contributed by atoms with Crippen molar-refractivity contribution in [3.05, 3.63) is 48.6 Å². The Morgan fingerprint density at radius 1 is 0.649 bits per heavy atom. The van der Waals surface area contributed by atoms with Gasteiger partial charge in [-0.05, 0) is 57.8 Å². The Labute approximate surface area is 228 Å². The monoisotopic (exact) mass is 516 g/mol. The first-order valence-electron chi connectivity index (χ1n) is 15.1. The summed E-state index contributed by atoms with van der Waals surface area (Å²) in [5, 5.41) is 9.17. The van der Waals surface area contributed by atoms with Gasteiger partial charge in [0.25, 0.3) is 0 Å². The molecule has 0 rings (SSSR count). The molecule has 0 aliphatic carbocycles. The number of hydrogen-bond acceptors (Lipinski definition) is 3. The summed E-state index contributed by atoms with van der Waals surface area (Å²) in [6, 6.07) is 0. The second-order valence-electron chi connectivity index (χ2n) is 9.93. The van der Waals surface area contributed by atoms with Crippen molar-refractivity contribution in [1.29, 1.82) is 0 Å². The van der Waals surface area contributed by atoms with E-state index >= 15 is 0 Å². The molecule has 4 nitrogen and oxygen atoms in total. The molecule has 0 aliphatic rings. The molecule has 0 aliphatic heterocycles. The van der Waals surface area contributed by atoms with Gasteiger partial charge in [0.2, 0.25) is 0 Å². The van der Waals surface area contributed by atoms with Gasteiger partial charge < -0.3 is 9.84 Å². The highest BCUT2D eigenvalue weighted by Crippen LogP contribution is 2.15. The zero-order chi connectivity index (χ0) is 27.2. The Kier molecular flexibility index (Phi) is 26.9. The fourth-order valence-corrected chi connectivity index (χ4v) is 4.13. The third-order valence-corrected chi connectivity index (χ3v) is 6.30. The summed E-state index contributed by atoms with van der Waals surface area (Å²) in [7, 11) is 0. The van der Waals surface area contributed by atoms with Crippen LogP contribution in [0.2, 0.25) is 0 Å². The third kappa shape index (κ3) is 28.3. The van der Waals surface area contributed by atoms with Gasteiger partial charge in [-0.25, -0.2) is 0 Å². The maximum Gasteiger partial charge on any atom is 0.307 e. The van der Waals surface area contributed by atoms with E-state index in [1.54, 1.807) is 0 Å². The van der Waals surface area contributed by atoms with E-state index in [4.69, 9.17) is 9.84 Å². The third-order valence-electron chi connectivity index (χ3n) is 6.30. The van der Waals surface area contributed by atoms with Gasteiger partial charge in [0, 0.05) is 6.42 Å². The van der Waals surface area contributed by atoms with Gasteiger partial charge >= 0.3 is 11.9 Å². The van der Waals surface area contributed by atoms with E-state index in [1.807, 2.05) is 0 Å². The molecule has 1 N–H and O–H groups in total. The number of allylic oxidation sites excluding steroid dienone is 8. The lowest BCUT2D eigenvalue weighted by molar-refractivity contribution is -0.153. The molecule has 0 saturated carbocycles. The van der Waals surface area contributed by atoms with Gasteiger partial charge in [-0.1, -0.05) is 120 Å². The Balaban J connectivity index is 3.84. The summed E-state index contributed by atoms with van der Waals surface area (Å²) in [6.45, 7) is 4.38.